The molecule has 20 heavy (non-hydrogen) atoms. The molecule has 1 aliphatic rings. The Balaban J connectivity index is 2.07. The summed E-state index contributed by atoms with van der Waals surface area (Å²) in [6.45, 7) is 1.84. The number of hydrogen-bond donors (Lipinski definition) is 2. The van der Waals surface area contributed by atoms with Gasteiger partial charge < -0.3 is 14.8 Å². The molecule has 6 nitrogen and oxygen atoms in total. The van der Waals surface area contributed by atoms with E-state index in [0.29, 0.717) is 11.1 Å². The highest BCUT2D eigenvalue weighted by Crippen LogP contribution is 2.22. The van der Waals surface area contributed by atoms with Gasteiger partial charge in [-0.05, 0) is 44.1 Å². The first kappa shape index (κ1) is 13.3. The molecule has 1 fully saturated rings. The Morgan fingerprint density at radius 3 is 2.80 bits per heavy atom. The molecule has 0 saturated carbocycles. The monoisotopic (exact) mass is 293 g/mol. The van der Waals surface area contributed by atoms with Crippen LogP contribution < -0.4 is 11.0 Å². The second-order valence-corrected chi connectivity index (χ2v) is 5.15. The van der Waals surface area contributed by atoms with Crippen molar-refractivity contribution >= 4 is 26.5 Å². The van der Waals surface area contributed by atoms with E-state index in [1.54, 1.807) is 22.8 Å². The zero-order valence-corrected chi connectivity index (χ0v) is 12.0. The van der Waals surface area contributed by atoms with Crippen LogP contribution in [0.1, 0.15) is 29.2 Å². The molecule has 106 valence electrons. The van der Waals surface area contributed by atoms with Crippen LogP contribution in [0.3, 0.4) is 0 Å². The lowest BCUT2D eigenvalue weighted by atomic mass is 10.1. The van der Waals surface area contributed by atoms with Gasteiger partial charge in [0.15, 0.2) is 0 Å². The normalized spacial score (nSPS) is 16.4. The Kier molecular flexibility index (Phi) is 3.59. The fourth-order valence-corrected chi connectivity index (χ4v) is 2.89. The molecule has 1 aromatic heterocycles. The fraction of sp³-hybridized carbons (Fsp3) is 0.385. The SMILES string of the molecule is O=C(OP)c1ccc2c(c1)[nH]c(=O)n2C1CCNCC1. The van der Waals surface area contributed by atoms with E-state index in [2.05, 4.69) is 14.8 Å². The number of nitrogens with one attached hydrogen (secondary N) is 2. The summed E-state index contributed by atoms with van der Waals surface area (Å²) in [7, 11) is 1.93. The smallest absolute Gasteiger partial charge is 0.340 e. The van der Waals surface area contributed by atoms with Crippen molar-refractivity contribution in [3.05, 3.63) is 34.2 Å². The zero-order valence-electron chi connectivity index (χ0n) is 10.9. The van der Waals surface area contributed by atoms with Gasteiger partial charge in [0.2, 0.25) is 0 Å². The molecule has 0 bridgehead atoms. The molecule has 0 spiro atoms. The highest BCUT2D eigenvalue weighted by molar-refractivity contribution is 7.10. The van der Waals surface area contributed by atoms with E-state index in [0.717, 1.165) is 31.4 Å². The topological polar surface area (TPSA) is 76.1 Å². The number of imidazole rings is 1. The molecule has 7 heteroatoms. The first-order valence-corrected chi connectivity index (χ1v) is 7.04. The van der Waals surface area contributed by atoms with Crippen molar-refractivity contribution in [2.45, 2.75) is 18.9 Å². The number of aromatic nitrogens is 2. The number of aromatic amines is 1. The molecule has 1 aliphatic heterocycles. The van der Waals surface area contributed by atoms with E-state index < -0.39 is 5.97 Å². The summed E-state index contributed by atoms with van der Waals surface area (Å²) in [5.74, 6) is -0.438. The van der Waals surface area contributed by atoms with Crippen LogP contribution >= 0.6 is 9.47 Å². The third-order valence-electron chi connectivity index (χ3n) is 3.73. The number of piperidine rings is 1. The van der Waals surface area contributed by atoms with Crippen molar-refractivity contribution < 1.29 is 9.32 Å². The average molecular weight is 293 g/mol. The molecule has 1 saturated heterocycles. The van der Waals surface area contributed by atoms with Crippen LogP contribution in [0, 0.1) is 0 Å². The van der Waals surface area contributed by atoms with Crippen molar-refractivity contribution in [2.24, 2.45) is 0 Å². The van der Waals surface area contributed by atoms with Crippen molar-refractivity contribution in [1.29, 1.82) is 0 Å². The lowest BCUT2D eigenvalue weighted by Crippen LogP contribution is -2.33. The maximum atomic E-state index is 12.2. The Hall–Kier alpha value is -1.65. The molecular formula is C13H16N3O3P. The number of carbonyl (C=O) groups is 1. The summed E-state index contributed by atoms with van der Waals surface area (Å²) in [5.41, 5.74) is 1.80. The second kappa shape index (κ2) is 5.38. The minimum atomic E-state index is -0.438. The van der Waals surface area contributed by atoms with Gasteiger partial charge in [0.05, 0.1) is 26.1 Å². The standard InChI is InChI=1S/C13H16N3O3P/c17-12(19-20)8-1-2-11-10(7-8)15-13(18)16(11)9-3-5-14-6-4-9/h1-2,7,9,14H,3-6,20H2,(H,15,18). The Bertz CT molecular complexity index is 700. The number of carbonyl (C=O) groups excluding carboxylic acids is 1. The highest BCUT2D eigenvalue weighted by atomic mass is 31.0. The molecule has 3 rings (SSSR count). The molecule has 2 heterocycles. The molecular weight excluding hydrogens is 277 g/mol. The van der Waals surface area contributed by atoms with Crippen LogP contribution in [0.15, 0.2) is 23.0 Å². The fourth-order valence-electron chi connectivity index (χ4n) is 2.75. The van der Waals surface area contributed by atoms with Crippen LogP contribution in [-0.2, 0) is 4.52 Å². The first-order chi connectivity index (χ1) is 9.70. The zero-order chi connectivity index (χ0) is 14.1. The number of nitrogens with zero attached hydrogens (tertiary/aromatic N) is 1. The summed E-state index contributed by atoms with van der Waals surface area (Å²) in [6.07, 6.45) is 1.87. The van der Waals surface area contributed by atoms with Gasteiger partial charge in [-0.25, -0.2) is 9.59 Å². The lowest BCUT2D eigenvalue weighted by molar-refractivity contribution is 0.0766. The van der Waals surface area contributed by atoms with Gasteiger partial charge in [0.25, 0.3) is 0 Å². The predicted octanol–water partition coefficient (Wildman–Crippen LogP) is 1.20. The van der Waals surface area contributed by atoms with Gasteiger partial charge in [-0.1, -0.05) is 0 Å². The van der Waals surface area contributed by atoms with E-state index in [9.17, 15) is 9.59 Å². The molecule has 2 N–H and O–H groups in total. The molecule has 0 radical (unpaired) electrons. The summed E-state index contributed by atoms with van der Waals surface area (Å²) < 4.78 is 6.41. The maximum absolute atomic E-state index is 12.2. The van der Waals surface area contributed by atoms with Gasteiger partial charge in [-0.2, -0.15) is 0 Å². The first-order valence-electron chi connectivity index (χ1n) is 6.57. The number of fused-ring (bicyclic) bond motifs is 1. The summed E-state index contributed by atoms with van der Waals surface area (Å²) in [6, 6.07) is 5.34. The Labute approximate surface area is 117 Å². The second-order valence-electron chi connectivity index (χ2n) is 4.92. The highest BCUT2D eigenvalue weighted by Gasteiger charge is 2.20. The van der Waals surface area contributed by atoms with E-state index in [4.69, 9.17) is 0 Å². The van der Waals surface area contributed by atoms with Crippen LogP contribution in [-0.4, -0.2) is 28.6 Å². The van der Waals surface area contributed by atoms with Crippen LogP contribution in [0.2, 0.25) is 0 Å². The Morgan fingerprint density at radius 2 is 2.10 bits per heavy atom. The van der Waals surface area contributed by atoms with E-state index in [1.165, 1.54) is 0 Å². The lowest BCUT2D eigenvalue weighted by Gasteiger charge is -2.23. The predicted molar refractivity (Wildman–Crippen MR) is 78.8 cm³/mol. The average Bonchev–Trinajstić information content (AvgIpc) is 2.82. The van der Waals surface area contributed by atoms with E-state index in [1.807, 2.05) is 9.47 Å². The van der Waals surface area contributed by atoms with Crippen molar-refractivity contribution in [2.75, 3.05) is 13.1 Å². The summed E-state index contributed by atoms with van der Waals surface area (Å²) in [4.78, 5) is 26.5. The molecule has 1 unspecified atom stereocenters. The minimum Gasteiger partial charge on any atom is -0.448 e. The van der Waals surface area contributed by atoms with Crippen molar-refractivity contribution in [3.63, 3.8) is 0 Å². The van der Waals surface area contributed by atoms with Crippen molar-refractivity contribution in [3.8, 4) is 0 Å². The Morgan fingerprint density at radius 1 is 1.35 bits per heavy atom. The van der Waals surface area contributed by atoms with Crippen molar-refractivity contribution in [1.82, 2.24) is 14.9 Å². The number of rotatable bonds is 2. The summed E-state index contributed by atoms with van der Waals surface area (Å²) >= 11 is 0. The summed E-state index contributed by atoms with van der Waals surface area (Å²) in [5, 5.41) is 3.29. The van der Waals surface area contributed by atoms with Gasteiger partial charge in [-0.3, -0.25) is 4.57 Å². The van der Waals surface area contributed by atoms with Crippen LogP contribution in [0.5, 0.6) is 0 Å². The molecule has 2 aromatic rings. The van der Waals surface area contributed by atoms with Gasteiger partial charge in [0, 0.05) is 6.04 Å². The van der Waals surface area contributed by atoms with Gasteiger partial charge in [0.1, 0.15) is 0 Å². The molecule has 1 atom stereocenters. The third kappa shape index (κ3) is 2.25. The third-order valence-corrected chi connectivity index (χ3v) is 3.95. The largest absolute Gasteiger partial charge is 0.448 e. The number of H-pyrrole nitrogens is 1. The number of hydrogen-bond acceptors (Lipinski definition) is 4. The van der Waals surface area contributed by atoms with E-state index in [-0.39, 0.29) is 11.7 Å². The van der Waals surface area contributed by atoms with Crippen LogP contribution in [0.25, 0.3) is 11.0 Å². The molecule has 0 aliphatic carbocycles. The van der Waals surface area contributed by atoms with Crippen LogP contribution in [0.4, 0.5) is 0 Å². The maximum Gasteiger partial charge on any atom is 0.340 e. The van der Waals surface area contributed by atoms with E-state index >= 15 is 0 Å². The molecule has 1 aromatic carbocycles. The molecule has 0 amide bonds. The quantitative estimate of drug-likeness (QED) is 0.816. The van der Waals surface area contributed by atoms with Gasteiger partial charge >= 0.3 is 11.7 Å². The number of benzene rings is 1. The minimum absolute atomic E-state index is 0.122. The van der Waals surface area contributed by atoms with Gasteiger partial charge in [-0.15, -0.1) is 0 Å².